The van der Waals surface area contributed by atoms with Crippen molar-refractivity contribution in [1.82, 2.24) is 9.88 Å². The number of esters is 1. The van der Waals surface area contributed by atoms with Crippen molar-refractivity contribution in [3.05, 3.63) is 51.7 Å². The van der Waals surface area contributed by atoms with Crippen molar-refractivity contribution in [1.29, 1.82) is 0 Å². The van der Waals surface area contributed by atoms with Gasteiger partial charge in [-0.05, 0) is 55.0 Å². The van der Waals surface area contributed by atoms with Crippen LogP contribution >= 0.6 is 0 Å². The van der Waals surface area contributed by atoms with E-state index in [9.17, 15) is 15.0 Å². The second-order valence-corrected chi connectivity index (χ2v) is 8.56. The van der Waals surface area contributed by atoms with Crippen LogP contribution in [0.25, 0.3) is 16.6 Å². The first-order valence-electron chi connectivity index (χ1n) is 10.5. The van der Waals surface area contributed by atoms with Crippen LogP contribution in [0.5, 0.6) is 0 Å². The quantitative estimate of drug-likeness (QED) is 0.490. The number of rotatable bonds is 1. The first-order chi connectivity index (χ1) is 14.4. The zero-order valence-electron chi connectivity index (χ0n) is 16.7. The van der Waals surface area contributed by atoms with Crippen molar-refractivity contribution in [3.63, 3.8) is 0 Å². The van der Waals surface area contributed by atoms with Crippen LogP contribution in [0.3, 0.4) is 0 Å². The molecular formula is C23H23N3O4. The molecule has 4 aliphatic rings. The number of anilines is 1. The fourth-order valence-electron chi connectivity index (χ4n) is 5.49. The molecule has 154 valence electrons. The molecule has 1 aromatic heterocycles. The molecule has 4 heterocycles. The predicted octanol–water partition coefficient (Wildman–Crippen LogP) is 1.79. The molecule has 30 heavy (non-hydrogen) atoms. The normalized spacial score (nSPS) is 26.9. The summed E-state index contributed by atoms with van der Waals surface area (Å²) in [5.41, 5.74) is 12.3. The monoisotopic (exact) mass is 405 g/mol. The van der Waals surface area contributed by atoms with Crippen molar-refractivity contribution in [2.45, 2.75) is 51.0 Å². The molecule has 1 aliphatic carbocycles. The molecule has 4 N–H and O–H groups in total. The third-order valence-corrected chi connectivity index (χ3v) is 7.13. The SMILES string of the molecule is CC[C@@]1(O)C(=O)OCC2=C1C=C1c3nc4ccc(N)c5c4c(c3CN1C2O)CCC5. The second-order valence-electron chi connectivity index (χ2n) is 8.56. The zero-order valence-corrected chi connectivity index (χ0v) is 16.7. The summed E-state index contributed by atoms with van der Waals surface area (Å²) in [4.78, 5) is 19.2. The van der Waals surface area contributed by atoms with Gasteiger partial charge in [0.05, 0.1) is 16.9 Å². The molecule has 0 amide bonds. The van der Waals surface area contributed by atoms with Crippen molar-refractivity contribution in [2.24, 2.45) is 0 Å². The number of aryl methyl sites for hydroxylation is 2. The van der Waals surface area contributed by atoms with Crippen molar-refractivity contribution in [3.8, 4) is 0 Å². The van der Waals surface area contributed by atoms with Gasteiger partial charge < -0.3 is 25.6 Å². The van der Waals surface area contributed by atoms with Crippen LogP contribution in [0, 0.1) is 0 Å². The summed E-state index contributed by atoms with van der Waals surface area (Å²) in [7, 11) is 0. The average Bonchev–Trinajstić information content (AvgIpc) is 3.13. The number of aliphatic hydroxyl groups is 2. The molecular weight excluding hydrogens is 382 g/mol. The summed E-state index contributed by atoms with van der Waals surface area (Å²) in [6.45, 7) is 2.25. The van der Waals surface area contributed by atoms with Gasteiger partial charge in [0.1, 0.15) is 6.61 Å². The lowest BCUT2D eigenvalue weighted by atomic mass is 9.82. The molecule has 6 rings (SSSR count). The van der Waals surface area contributed by atoms with Crippen LogP contribution in [0.2, 0.25) is 0 Å². The van der Waals surface area contributed by atoms with Crippen molar-refractivity contribution < 1.29 is 19.7 Å². The molecule has 1 aromatic carbocycles. The number of nitrogen functional groups attached to an aromatic ring is 1. The summed E-state index contributed by atoms with van der Waals surface area (Å²) in [5.74, 6) is -0.666. The lowest BCUT2D eigenvalue weighted by Crippen LogP contribution is -2.50. The Balaban J connectivity index is 1.60. The molecule has 7 nitrogen and oxygen atoms in total. The summed E-state index contributed by atoms with van der Waals surface area (Å²) in [6, 6.07) is 3.87. The first-order valence-corrected chi connectivity index (χ1v) is 10.5. The lowest BCUT2D eigenvalue weighted by molar-refractivity contribution is -0.164. The number of ether oxygens (including phenoxy) is 1. The van der Waals surface area contributed by atoms with E-state index < -0.39 is 17.8 Å². The molecule has 2 atom stereocenters. The number of carbonyl (C=O) groups is 1. The average molecular weight is 405 g/mol. The predicted molar refractivity (Wildman–Crippen MR) is 111 cm³/mol. The number of benzene rings is 1. The zero-order chi connectivity index (χ0) is 20.8. The Labute approximate surface area is 173 Å². The highest BCUT2D eigenvalue weighted by atomic mass is 16.6. The molecule has 3 aliphatic heterocycles. The number of carbonyl (C=O) groups excluding carboxylic acids is 1. The van der Waals surface area contributed by atoms with Gasteiger partial charge >= 0.3 is 5.97 Å². The molecule has 0 saturated heterocycles. The molecule has 1 unspecified atom stereocenters. The number of hydrogen-bond acceptors (Lipinski definition) is 7. The number of aromatic nitrogens is 1. The van der Waals surface area contributed by atoms with E-state index in [4.69, 9.17) is 15.5 Å². The third-order valence-electron chi connectivity index (χ3n) is 7.13. The van der Waals surface area contributed by atoms with E-state index in [0.29, 0.717) is 17.7 Å². The van der Waals surface area contributed by atoms with Crippen LogP contribution in [0.1, 0.15) is 42.1 Å². The highest BCUT2D eigenvalue weighted by molar-refractivity contribution is 5.95. The maximum Gasteiger partial charge on any atom is 0.343 e. The summed E-state index contributed by atoms with van der Waals surface area (Å²) in [5, 5.41) is 23.3. The highest BCUT2D eigenvalue weighted by Gasteiger charge is 2.49. The van der Waals surface area contributed by atoms with Crippen LogP contribution in [-0.4, -0.2) is 44.5 Å². The maximum absolute atomic E-state index is 12.3. The van der Waals surface area contributed by atoms with E-state index in [0.717, 1.165) is 52.8 Å². The topological polar surface area (TPSA) is 109 Å². The lowest BCUT2D eigenvalue weighted by Gasteiger charge is -2.40. The first kappa shape index (κ1) is 17.9. The van der Waals surface area contributed by atoms with Gasteiger partial charge in [0.2, 0.25) is 0 Å². The van der Waals surface area contributed by atoms with E-state index in [1.54, 1.807) is 6.92 Å². The maximum atomic E-state index is 12.3. The summed E-state index contributed by atoms with van der Waals surface area (Å²) < 4.78 is 5.20. The van der Waals surface area contributed by atoms with Crippen LogP contribution in [0.4, 0.5) is 5.69 Å². The Bertz CT molecular complexity index is 1210. The molecule has 0 fully saturated rings. The minimum Gasteiger partial charge on any atom is -0.459 e. The standard InChI is InChI=1S/C23H23N3O4/c1-2-23(29)15-8-18-20-13(9-26(18)21(27)14(15)10-30-22(23)28)11-4-3-5-12-16(24)6-7-17(25-20)19(11)12/h6-8,21,27,29H,2-5,9-10,24H2,1H3/t21?,23-/m0/s1. The van der Waals surface area contributed by atoms with Gasteiger partial charge in [0.15, 0.2) is 11.8 Å². The minimum atomic E-state index is -1.75. The largest absolute Gasteiger partial charge is 0.459 e. The van der Waals surface area contributed by atoms with Gasteiger partial charge in [-0.25, -0.2) is 9.78 Å². The Kier molecular flexibility index (Phi) is 3.48. The number of aliphatic hydroxyl groups excluding tert-OH is 1. The second kappa shape index (κ2) is 5.83. The number of fused-ring (bicyclic) bond motifs is 4. The molecule has 0 radical (unpaired) electrons. The Morgan fingerprint density at radius 3 is 2.90 bits per heavy atom. The third kappa shape index (κ3) is 2.06. The number of cyclic esters (lactones) is 1. The summed E-state index contributed by atoms with van der Waals surface area (Å²) in [6.07, 6.45) is 3.95. The van der Waals surface area contributed by atoms with Gasteiger partial charge in [-0.2, -0.15) is 0 Å². The van der Waals surface area contributed by atoms with Gasteiger partial charge in [-0.3, -0.25) is 0 Å². The number of nitrogens with zero attached hydrogens (tertiary/aromatic N) is 2. The number of nitrogens with two attached hydrogens (primary N) is 1. The van der Waals surface area contributed by atoms with E-state index >= 15 is 0 Å². The fraction of sp³-hybridized carbons (Fsp3) is 0.391. The Morgan fingerprint density at radius 1 is 1.30 bits per heavy atom. The Hall–Kier alpha value is -2.90. The van der Waals surface area contributed by atoms with E-state index in [1.807, 2.05) is 23.1 Å². The highest BCUT2D eigenvalue weighted by Crippen LogP contribution is 2.47. The van der Waals surface area contributed by atoms with Gasteiger partial charge in [-0.15, -0.1) is 0 Å². The fourth-order valence-corrected chi connectivity index (χ4v) is 5.49. The van der Waals surface area contributed by atoms with Crippen molar-refractivity contribution >= 4 is 28.3 Å². The van der Waals surface area contributed by atoms with E-state index in [-0.39, 0.29) is 13.0 Å². The van der Waals surface area contributed by atoms with Crippen LogP contribution in [-0.2, 0) is 28.9 Å². The van der Waals surface area contributed by atoms with Crippen molar-refractivity contribution in [2.75, 3.05) is 12.3 Å². The molecule has 2 aromatic rings. The molecule has 0 bridgehead atoms. The molecule has 0 spiro atoms. The number of hydrogen-bond donors (Lipinski definition) is 3. The van der Waals surface area contributed by atoms with E-state index in [2.05, 4.69) is 0 Å². The van der Waals surface area contributed by atoms with Gasteiger partial charge in [0, 0.05) is 34.3 Å². The van der Waals surface area contributed by atoms with Gasteiger partial charge in [-0.1, -0.05) is 6.92 Å². The van der Waals surface area contributed by atoms with Crippen LogP contribution < -0.4 is 5.73 Å². The van der Waals surface area contributed by atoms with Gasteiger partial charge in [0.25, 0.3) is 0 Å². The molecule has 7 heteroatoms. The van der Waals surface area contributed by atoms with E-state index in [1.165, 1.54) is 11.1 Å². The van der Waals surface area contributed by atoms with Crippen LogP contribution in [0.15, 0.2) is 29.4 Å². The minimum absolute atomic E-state index is 0.0167. The Morgan fingerprint density at radius 2 is 2.10 bits per heavy atom. The smallest absolute Gasteiger partial charge is 0.343 e. The summed E-state index contributed by atoms with van der Waals surface area (Å²) >= 11 is 0. The molecule has 0 saturated carbocycles. The number of pyridine rings is 1.